The lowest BCUT2D eigenvalue weighted by molar-refractivity contribution is 0.360. The van der Waals surface area contributed by atoms with Gasteiger partial charge in [-0.2, -0.15) is 0 Å². The van der Waals surface area contributed by atoms with Crippen molar-refractivity contribution < 1.29 is 9.47 Å². The number of fused-ring (bicyclic) bond motifs is 6. The highest BCUT2D eigenvalue weighted by Crippen LogP contribution is 2.60. The molecule has 1 aliphatic heterocycles. The average Bonchev–Trinajstić information content (AvgIpc) is 3.77. The van der Waals surface area contributed by atoms with Crippen LogP contribution in [0.25, 0.3) is 50.4 Å². The molecule has 9 aromatic rings. The van der Waals surface area contributed by atoms with E-state index in [2.05, 4.69) is 174 Å². The fourth-order valence-electron chi connectivity index (χ4n) is 8.65. The molecule has 2 heterocycles. The van der Waals surface area contributed by atoms with Crippen molar-refractivity contribution in [2.24, 2.45) is 0 Å². The van der Waals surface area contributed by atoms with Crippen molar-refractivity contribution in [3.05, 3.63) is 216 Å². The number of hydrogen-bond donors (Lipinski definition) is 0. The Labute approximate surface area is 313 Å². The summed E-state index contributed by atoms with van der Waals surface area (Å²) in [6.07, 6.45) is 0. The number of para-hydroxylation sites is 3. The van der Waals surface area contributed by atoms with Crippen molar-refractivity contribution in [1.82, 2.24) is 9.55 Å². The van der Waals surface area contributed by atoms with Crippen molar-refractivity contribution in [2.75, 3.05) is 0 Å². The summed E-state index contributed by atoms with van der Waals surface area (Å²) in [7, 11) is 0. The Morgan fingerprint density at radius 2 is 1.06 bits per heavy atom. The number of nitrogens with zero attached hydrogens (tertiary/aromatic N) is 2. The lowest BCUT2D eigenvalue weighted by atomic mass is 9.67. The normalized spacial score (nSPS) is 13.3. The van der Waals surface area contributed by atoms with E-state index in [1.807, 2.05) is 24.3 Å². The Hall–Kier alpha value is -7.17. The zero-order valence-electron chi connectivity index (χ0n) is 29.2. The monoisotopic (exact) mass is 692 g/mol. The Balaban J connectivity index is 1.05. The van der Waals surface area contributed by atoms with Gasteiger partial charge in [0.15, 0.2) is 23.0 Å². The highest BCUT2D eigenvalue weighted by atomic mass is 16.6. The molecule has 0 N–H and O–H groups in total. The smallest absolute Gasteiger partial charge is 0.177 e. The molecular weight excluding hydrogens is 661 g/mol. The first-order valence-corrected chi connectivity index (χ1v) is 18.3. The minimum atomic E-state index is -0.522. The first-order valence-electron chi connectivity index (χ1n) is 18.3. The molecule has 4 nitrogen and oxygen atoms in total. The topological polar surface area (TPSA) is 36.3 Å². The molecule has 0 saturated carbocycles. The average molecular weight is 693 g/mol. The maximum Gasteiger partial charge on any atom is 0.177 e. The van der Waals surface area contributed by atoms with Crippen molar-refractivity contribution in [3.63, 3.8) is 0 Å². The van der Waals surface area contributed by atoms with Crippen molar-refractivity contribution in [2.45, 2.75) is 5.41 Å². The van der Waals surface area contributed by atoms with E-state index in [4.69, 9.17) is 14.5 Å². The highest BCUT2D eigenvalue weighted by molar-refractivity contribution is 5.89. The molecule has 254 valence electrons. The first kappa shape index (κ1) is 30.5. The third kappa shape index (κ3) is 4.47. The van der Waals surface area contributed by atoms with E-state index in [9.17, 15) is 0 Å². The van der Waals surface area contributed by atoms with Gasteiger partial charge < -0.3 is 9.47 Å². The van der Waals surface area contributed by atoms with Gasteiger partial charge in [0.25, 0.3) is 0 Å². The second-order valence-electron chi connectivity index (χ2n) is 13.9. The van der Waals surface area contributed by atoms with Gasteiger partial charge in [-0.05, 0) is 81.4 Å². The first-order chi connectivity index (χ1) is 26.8. The lowest BCUT2D eigenvalue weighted by Gasteiger charge is -2.34. The minimum absolute atomic E-state index is 0.522. The van der Waals surface area contributed by atoms with E-state index in [0.29, 0.717) is 23.0 Å². The van der Waals surface area contributed by atoms with Crippen LogP contribution in [0.2, 0.25) is 0 Å². The molecule has 0 atom stereocenters. The molecular formula is C50H32N2O2. The maximum atomic E-state index is 6.93. The summed E-state index contributed by atoms with van der Waals surface area (Å²) in [6, 6.07) is 68.1. The largest absolute Gasteiger partial charge is 0.449 e. The Morgan fingerprint density at radius 3 is 1.85 bits per heavy atom. The molecule has 2 aliphatic rings. The lowest BCUT2D eigenvalue weighted by Crippen LogP contribution is -2.28. The fraction of sp³-hybridized carbons (Fsp3) is 0.0200. The van der Waals surface area contributed by atoms with Crippen LogP contribution in [-0.4, -0.2) is 9.55 Å². The number of hydrogen-bond acceptors (Lipinski definition) is 3. The predicted octanol–water partition coefficient (Wildman–Crippen LogP) is 12.6. The summed E-state index contributed by atoms with van der Waals surface area (Å²) in [5.41, 5.74) is 12.7. The summed E-state index contributed by atoms with van der Waals surface area (Å²) in [5.74, 6) is 3.68. The molecule has 0 bridgehead atoms. The predicted molar refractivity (Wildman–Crippen MR) is 216 cm³/mol. The van der Waals surface area contributed by atoms with Gasteiger partial charge in [-0.25, -0.2) is 4.98 Å². The van der Waals surface area contributed by atoms with Crippen LogP contribution < -0.4 is 9.47 Å². The maximum absolute atomic E-state index is 6.93. The molecule has 11 rings (SSSR count). The fourth-order valence-corrected chi connectivity index (χ4v) is 8.65. The van der Waals surface area contributed by atoms with Crippen molar-refractivity contribution >= 4 is 11.0 Å². The van der Waals surface area contributed by atoms with Crippen molar-refractivity contribution in [1.29, 1.82) is 0 Å². The number of benzene rings is 8. The molecule has 1 aliphatic carbocycles. The van der Waals surface area contributed by atoms with Crippen LogP contribution in [0.5, 0.6) is 23.0 Å². The van der Waals surface area contributed by atoms with Crippen LogP contribution in [0.4, 0.5) is 0 Å². The van der Waals surface area contributed by atoms with E-state index in [-0.39, 0.29) is 0 Å². The molecule has 54 heavy (non-hydrogen) atoms. The van der Waals surface area contributed by atoms with Crippen LogP contribution in [0.3, 0.4) is 0 Å². The molecule has 0 amide bonds. The van der Waals surface area contributed by atoms with E-state index >= 15 is 0 Å². The molecule has 4 heteroatoms. The summed E-state index contributed by atoms with van der Waals surface area (Å²) >= 11 is 0. The summed E-state index contributed by atoms with van der Waals surface area (Å²) in [6.45, 7) is 0. The van der Waals surface area contributed by atoms with E-state index < -0.39 is 5.41 Å². The third-order valence-corrected chi connectivity index (χ3v) is 10.9. The van der Waals surface area contributed by atoms with Gasteiger partial charge in [0.2, 0.25) is 0 Å². The van der Waals surface area contributed by atoms with Gasteiger partial charge in [0.1, 0.15) is 5.82 Å². The second kappa shape index (κ2) is 11.9. The van der Waals surface area contributed by atoms with Crippen molar-refractivity contribution in [3.8, 4) is 62.3 Å². The summed E-state index contributed by atoms with van der Waals surface area (Å²) in [4.78, 5) is 5.07. The van der Waals surface area contributed by atoms with Crippen LogP contribution in [0.15, 0.2) is 194 Å². The molecule has 0 fully saturated rings. The third-order valence-electron chi connectivity index (χ3n) is 10.9. The number of aromatic nitrogens is 2. The highest BCUT2D eigenvalue weighted by Gasteiger charge is 2.47. The van der Waals surface area contributed by atoms with Gasteiger partial charge in [0, 0.05) is 16.8 Å². The quantitative estimate of drug-likeness (QED) is 0.180. The number of rotatable bonds is 5. The summed E-state index contributed by atoms with van der Waals surface area (Å²) in [5, 5.41) is 0. The Bertz CT molecular complexity index is 2840. The number of imidazole rings is 1. The van der Waals surface area contributed by atoms with Gasteiger partial charge in [-0.15, -0.1) is 0 Å². The zero-order chi connectivity index (χ0) is 35.6. The van der Waals surface area contributed by atoms with Crippen LogP contribution >= 0.6 is 0 Å². The molecule has 0 spiro atoms. The molecule has 0 unspecified atom stereocenters. The molecule has 1 aromatic heterocycles. The Kier molecular flexibility index (Phi) is 6.73. The van der Waals surface area contributed by atoms with Gasteiger partial charge in [-0.1, -0.05) is 152 Å². The molecule has 8 aromatic carbocycles. The van der Waals surface area contributed by atoms with E-state index in [1.54, 1.807) is 0 Å². The van der Waals surface area contributed by atoms with E-state index in [1.165, 1.54) is 27.8 Å². The van der Waals surface area contributed by atoms with Gasteiger partial charge in [0.05, 0.1) is 16.4 Å². The molecule has 0 saturated heterocycles. The zero-order valence-corrected chi connectivity index (χ0v) is 29.2. The van der Waals surface area contributed by atoms with Crippen LogP contribution in [0.1, 0.15) is 22.3 Å². The number of ether oxygens (including phenoxy) is 2. The van der Waals surface area contributed by atoms with Gasteiger partial charge >= 0.3 is 0 Å². The SMILES string of the molecule is c1ccc(-c2nc3ccccc3n2-c2cccc(-c3cccc4c3Oc3cc5c(cc3O4)C(c3ccccc3)(c3ccccc3)c3ccccc3-5)c2)cc1. The summed E-state index contributed by atoms with van der Waals surface area (Å²) < 4.78 is 16.0. The van der Waals surface area contributed by atoms with E-state index in [0.717, 1.165) is 44.8 Å². The molecule has 0 radical (unpaired) electrons. The Morgan fingerprint density at radius 1 is 0.426 bits per heavy atom. The van der Waals surface area contributed by atoms with Crippen LogP contribution in [-0.2, 0) is 5.41 Å². The minimum Gasteiger partial charge on any atom is -0.449 e. The van der Waals surface area contributed by atoms with Crippen LogP contribution in [0, 0.1) is 0 Å². The van der Waals surface area contributed by atoms with Gasteiger partial charge in [-0.3, -0.25) is 4.57 Å². The standard InChI is InChI=1S/C50H32N2O2/c1-4-16-33(17-5-1)49-51-43-27-12-13-28-44(43)52(49)37-23-14-18-34(30-37)38-25-15-29-45-48(38)54-46-31-40-39-24-10-11-26-41(39)50(35-19-6-2-7-20-35,36-21-8-3-9-22-36)42(40)32-47(46)53-45/h1-32H. The second-order valence-corrected chi connectivity index (χ2v) is 13.9.